The smallest absolute Gasteiger partial charge is 0.195 e. The molecule has 5 aromatic rings. The summed E-state index contributed by atoms with van der Waals surface area (Å²) in [6.07, 6.45) is -2.33. The van der Waals surface area contributed by atoms with Crippen LogP contribution < -0.4 is 0 Å². The first kappa shape index (κ1) is 26.2. The van der Waals surface area contributed by atoms with Crippen LogP contribution in [0.3, 0.4) is 0 Å². The topological polar surface area (TPSA) is 120 Å². The number of aromatic nitrogens is 6. The quantitative estimate of drug-likeness (QED) is 0.308. The lowest BCUT2D eigenvalue weighted by Crippen LogP contribution is -2.52. The van der Waals surface area contributed by atoms with Gasteiger partial charge in [-0.05, 0) is 44.2 Å². The first-order valence-electron chi connectivity index (χ1n) is 12.8. The summed E-state index contributed by atoms with van der Waals surface area (Å²) < 4.78 is 57.9. The van der Waals surface area contributed by atoms with Gasteiger partial charge in [-0.2, -0.15) is 10.2 Å². The number of ether oxygens (including phenoxy) is 2. The molecular weight excluding hydrogens is 561 g/mol. The fraction of sp³-hybridized carbons (Fsp3) is 0.333. The van der Waals surface area contributed by atoms with Gasteiger partial charge in [0.25, 0.3) is 0 Å². The van der Waals surface area contributed by atoms with Gasteiger partial charge in [-0.15, -0.1) is 11.3 Å². The van der Waals surface area contributed by atoms with E-state index in [9.17, 15) is 23.4 Å². The summed E-state index contributed by atoms with van der Waals surface area (Å²) in [6, 6.07) is 6.69. The maximum absolute atomic E-state index is 14.5. The number of halogens is 3. The van der Waals surface area contributed by atoms with Gasteiger partial charge in [0.05, 0.1) is 33.7 Å². The highest BCUT2D eigenvalue weighted by Crippen LogP contribution is 2.43. The van der Waals surface area contributed by atoms with Crippen molar-refractivity contribution < 1.29 is 32.9 Å². The van der Waals surface area contributed by atoms with E-state index >= 15 is 0 Å². The van der Waals surface area contributed by atoms with Crippen molar-refractivity contribution in [1.29, 1.82) is 0 Å². The molecule has 212 valence electrons. The molecule has 2 fully saturated rings. The second-order valence-corrected chi connectivity index (χ2v) is 11.3. The molecule has 3 aromatic heterocycles. The Labute approximate surface area is 234 Å². The van der Waals surface area contributed by atoms with Gasteiger partial charge in [0.2, 0.25) is 0 Å². The van der Waals surface area contributed by atoms with Gasteiger partial charge in [-0.25, -0.2) is 27.8 Å². The summed E-state index contributed by atoms with van der Waals surface area (Å²) in [4.78, 5) is 9.07. The van der Waals surface area contributed by atoms with Gasteiger partial charge in [-0.3, -0.25) is 4.68 Å². The first-order chi connectivity index (χ1) is 19.7. The average molecular weight is 585 g/mol. The number of rotatable bonds is 4. The maximum Gasteiger partial charge on any atom is 0.195 e. The van der Waals surface area contributed by atoms with Crippen molar-refractivity contribution >= 4 is 21.6 Å². The molecule has 2 saturated heterocycles. The van der Waals surface area contributed by atoms with Crippen molar-refractivity contribution in [3.63, 3.8) is 0 Å². The van der Waals surface area contributed by atoms with Crippen molar-refractivity contribution in [1.82, 2.24) is 29.5 Å². The Bertz CT molecular complexity index is 1790. The Hall–Kier alpha value is -3.69. The minimum atomic E-state index is -1.59. The summed E-state index contributed by atoms with van der Waals surface area (Å²) in [5, 5.41) is 32.2. The molecule has 2 aliphatic heterocycles. The highest BCUT2D eigenvalue weighted by atomic mass is 32.1. The summed E-state index contributed by atoms with van der Waals surface area (Å²) in [7, 11) is 0. The molecule has 0 aliphatic carbocycles. The number of hydrogen-bond acceptors (Lipinski definition) is 9. The van der Waals surface area contributed by atoms with Crippen LogP contribution in [0.5, 0.6) is 0 Å². The molecule has 14 heteroatoms. The van der Waals surface area contributed by atoms with Crippen molar-refractivity contribution in [3.05, 3.63) is 76.8 Å². The third kappa shape index (κ3) is 4.25. The van der Waals surface area contributed by atoms with Crippen molar-refractivity contribution in [2.45, 2.75) is 50.4 Å². The predicted octanol–water partition coefficient (Wildman–Crippen LogP) is 3.58. The van der Waals surface area contributed by atoms with E-state index in [1.807, 2.05) is 25.1 Å². The maximum atomic E-state index is 14.5. The van der Waals surface area contributed by atoms with Crippen LogP contribution >= 0.6 is 11.3 Å². The highest BCUT2D eigenvalue weighted by molar-refractivity contribution is 7.18. The molecule has 10 nitrogen and oxygen atoms in total. The lowest BCUT2D eigenvalue weighted by atomic mass is 9.91. The fourth-order valence-electron chi connectivity index (χ4n) is 5.58. The summed E-state index contributed by atoms with van der Waals surface area (Å²) in [5.74, 6) is -3.51. The largest absolute Gasteiger partial charge is 0.388 e. The number of aliphatic hydroxyl groups excluding tert-OH is 2. The molecule has 0 spiro atoms. The van der Waals surface area contributed by atoms with Crippen LogP contribution in [-0.2, 0) is 9.47 Å². The Morgan fingerprint density at radius 3 is 2.68 bits per heavy atom. The minimum Gasteiger partial charge on any atom is -0.388 e. The monoisotopic (exact) mass is 584 g/mol. The van der Waals surface area contributed by atoms with E-state index in [4.69, 9.17) is 9.47 Å². The summed E-state index contributed by atoms with van der Waals surface area (Å²) in [6.45, 7) is 3.60. The number of hydrogen-bond donors (Lipinski definition) is 2. The molecule has 4 unspecified atom stereocenters. The van der Waals surface area contributed by atoms with E-state index in [-0.39, 0.29) is 17.7 Å². The van der Waals surface area contributed by atoms with Gasteiger partial charge in [0.1, 0.15) is 42.4 Å². The van der Waals surface area contributed by atoms with Crippen LogP contribution in [0.1, 0.15) is 28.8 Å². The van der Waals surface area contributed by atoms with Crippen molar-refractivity contribution in [2.24, 2.45) is 0 Å². The van der Waals surface area contributed by atoms with Crippen LogP contribution in [0.25, 0.3) is 27.0 Å². The highest BCUT2D eigenvalue weighted by Gasteiger charge is 2.54. The van der Waals surface area contributed by atoms with Crippen LogP contribution in [0.4, 0.5) is 13.2 Å². The van der Waals surface area contributed by atoms with Gasteiger partial charge in [0, 0.05) is 17.3 Å². The van der Waals surface area contributed by atoms with Crippen LogP contribution in [-0.4, -0.2) is 70.8 Å². The second-order valence-electron chi connectivity index (χ2n) is 10.1. The van der Waals surface area contributed by atoms with Crippen LogP contribution in [0, 0.1) is 31.3 Å². The van der Waals surface area contributed by atoms with E-state index in [1.165, 1.54) is 28.4 Å². The molecule has 2 N–H and O–H groups in total. The molecule has 41 heavy (non-hydrogen) atoms. The molecule has 0 radical (unpaired) electrons. The van der Waals surface area contributed by atoms with Crippen molar-refractivity contribution in [2.75, 3.05) is 6.61 Å². The molecule has 7 rings (SSSR count). The Morgan fingerprint density at radius 1 is 1.02 bits per heavy atom. The summed E-state index contributed by atoms with van der Waals surface area (Å²) >= 11 is 1.54. The molecule has 5 heterocycles. The fourth-order valence-corrected chi connectivity index (χ4v) is 6.44. The normalized spacial score (nSPS) is 26.1. The van der Waals surface area contributed by atoms with E-state index < -0.39 is 54.0 Å². The zero-order valence-corrected chi connectivity index (χ0v) is 22.5. The second kappa shape index (κ2) is 9.70. The third-order valence-corrected chi connectivity index (χ3v) is 8.37. The molecule has 6 atom stereocenters. The SMILES string of the molecule is Cc1nc([C@@H]2OC3C(O)CO[C@@H]3C(n3cc(-c4ccc(F)c(F)c4F)cn3)C2O)n(-c2ccc3nc(C)sc3c2)n1. The zero-order chi connectivity index (χ0) is 28.6. The van der Waals surface area contributed by atoms with E-state index in [1.54, 1.807) is 11.6 Å². The Balaban J connectivity index is 1.29. The van der Waals surface area contributed by atoms with E-state index in [2.05, 4.69) is 20.2 Å². The van der Waals surface area contributed by atoms with Crippen LogP contribution in [0.2, 0.25) is 0 Å². The molecule has 2 aromatic carbocycles. The van der Waals surface area contributed by atoms with Gasteiger partial charge < -0.3 is 19.7 Å². The predicted molar refractivity (Wildman–Crippen MR) is 140 cm³/mol. The van der Waals surface area contributed by atoms with Gasteiger partial charge in [0.15, 0.2) is 23.3 Å². The number of aliphatic hydroxyl groups is 2. The Morgan fingerprint density at radius 2 is 1.85 bits per heavy atom. The van der Waals surface area contributed by atoms with E-state index in [0.29, 0.717) is 17.3 Å². The molecular formula is C27H23F3N6O4S. The third-order valence-electron chi connectivity index (χ3n) is 7.43. The lowest BCUT2D eigenvalue weighted by molar-refractivity contribution is -0.196. The number of benzene rings is 2. The first-order valence-corrected chi connectivity index (χ1v) is 13.6. The molecule has 0 saturated carbocycles. The standard InChI is InChI=1S/C27H23F3N6O4S/c1-11-32-27(36(34-11)14-3-6-17-19(7-14)41-12(2)33-17)26-23(38)22(25-24(40-26)18(37)10-39-25)35-9-13(8-31-35)15-4-5-16(28)21(30)20(15)29/h3-9,18,22-26,37-38H,10H2,1-2H3/t18?,22?,23?,24?,25-,26-/m1/s1. The van der Waals surface area contributed by atoms with Crippen LogP contribution in [0.15, 0.2) is 42.7 Å². The number of nitrogens with zero attached hydrogens (tertiary/aromatic N) is 6. The zero-order valence-electron chi connectivity index (χ0n) is 21.6. The van der Waals surface area contributed by atoms with Gasteiger partial charge in [-0.1, -0.05) is 0 Å². The Kier molecular flexibility index (Phi) is 6.21. The lowest BCUT2D eigenvalue weighted by Gasteiger charge is -2.41. The van der Waals surface area contributed by atoms with E-state index in [0.717, 1.165) is 27.4 Å². The summed E-state index contributed by atoms with van der Waals surface area (Å²) in [5.41, 5.74) is 1.51. The molecule has 0 bridgehead atoms. The average Bonchev–Trinajstić information content (AvgIpc) is 3.73. The van der Waals surface area contributed by atoms with Crippen molar-refractivity contribution in [3.8, 4) is 16.8 Å². The number of fused-ring (bicyclic) bond motifs is 2. The number of aryl methyl sites for hydroxylation is 2. The van der Waals surface area contributed by atoms with Gasteiger partial charge >= 0.3 is 0 Å². The molecule has 2 aliphatic rings. The minimum absolute atomic E-state index is 0.0374. The molecule has 0 amide bonds. The number of thiazole rings is 1.